The molecule has 0 spiro atoms. The molecular weight excluding hydrogens is 292 g/mol. The SMILES string of the molecule is O=C(N1CCN(CCO)CC1)C1(c2ccccc2)CCOCC1. The van der Waals surface area contributed by atoms with E-state index in [0.29, 0.717) is 19.8 Å². The van der Waals surface area contributed by atoms with Crippen LogP contribution in [0.15, 0.2) is 30.3 Å². The number of benzene rings is 1. The summed E-state index contributed by atoms with van der Waals surface area (Å²) in [6, 6.07) is 10.2. The molecule has 126 valence electrons. The highest BCUT2D eigenvalue weighted by atomic mass is 16.5. The zero-order valence-corrected chi connectivity index (χ0v) is 13.6. The van der Waals surface area contributed by atoms with E-state index in [1.807, 2.05) is 23.1 Å². The minimum absolute atomic E-state index is 0.180. The zero-order valence-electron chi connectivity index (χ0n) is 13.6. The van der Waals surface area contributed by atoms with Crippen LogP contribution >= 0.6 is 0 Å². The van der Waals surface area contributed by atoms with E-state index in [0.717, 1.165) is 44.6 Å². The second-order valence-corrected chi connectivity index (χ2v) is 6.42. The Morgan fingerprint density at radius 1 is 1.09 bits per heavy atom. The molecule has 1 aromatic rings. The van der Waals surface area contributed by atoms with Crippen LogP contribution in [0.25, 0.3) is 0 Å². The van der Waals surface area contributed by atoms with Crippen molar-refractivity contribution in [1.29, 1.82) is 0 Å². The largest absolute Gasteiger partial charge is 0.395 e. The quantitative estimate of drug-likeness (QED) is 0.895. The van der Waals surface area contributed by atoms with Gasteiger partial charge in [-0.15, -0.1) is 0 Å². The molecule has 5 nitrogen and oxygen atoms in total. The number of carbonyl (C=O) groups is 1. The number of β-amino-alcohol motifs (C(OH)–C–C–N with tert-alkyl or cyclic N) is 1. The molecule has 0 aliphatic carbocycles. The number of aliphatic hydroxyl groups excluding tert-OH is 1. The maximum Gasteiger partial charge on any atom is 0.233 e. The molecule has 2 aliphatic heterocycles. The molecule has 0 bridgehead atoms. The number of aliphatic hydroxyl groups is 1. The van der Waals surface area contributed by atoms with E-state index < -0.39 is 5.41 Å². The van der Waals surface area contributed by atoms with Crippen LogP contribution < -0.4 is 0 Å². The van der Waals surface area contributed by atoms with Crippen LogP contribution in [-0.2, 0) is 14.9 Å². The van der Waals surface area contributed by atoms with Crippen molar-refractivity contribution in [2.24, 2.45) is 0 Å². The highest BCUT2D eigenvalue weighted by Gasteiger charge is 2.44. The maximum atomic E-state index is 13.3. The van der Waals surface area contributed by atoms with Crippen LogP contribution in [-0.4, -0.2) is 73.4 Å². The third kappa shape index (κ3) is 3.42. The van der Waals surface area contributed by atoms with Crippen molar-refractivity contribution in [3.8, 4) is 0 Å². The van der Waals surface area contributed by atoms with E-state index in [9.17, 15) is 4.79 Å². The van der Waals surface area contributed by atoms with Gasteiger partial charge in [0, 0.05) is 45.9 Å². The van der Waals surface area contributed by atoms with Crippen molar-refractivity contribution in [2.45, 2.75) is 18.3 Å². The van der Waals surface area contributed by atoms with Gasteiger partial charge in [0.25, 0.3) is 0 Å². The van der Waals surface area contributed by atoms with Gasteiger partial charge in [-0.2, -0.15) is 0 Å². The van der Waals surface area contributed by atoms with Crippen LogP contribution in [0.1, 0.15) is 18.4 Å². The second kappa shape index (κ2) is 7.43. The van der Waals surface area contributed by atoms with E-state index in [-0.39, 0.29) is 12.5 Å². The lowest BCUT2D eigenvalue weighted by atomic mass is 9.73. The zero-order chi connectivity index (χ0) is 16.1. The summed E-state index contributed by atoms with van der Waals surface area (Å²) in [6.45, 7) is 5.33. The molecule has 23 heavy (non-hydrogen) atoms. The molecule has 0 aromatic heterocycles. The summed E-state index contributed by atoms with van der Waals surface area (Å²) in [4.78, 5) is 17.6. The van der Waals surface area contributed by atoms with Crippen molar-refractivity contribution >= 4 is 5.91 Å². The van der Waals surface area contributed by atoms with Gasteiger partial charge in [0.2, 0.25) is 5.91 Å². The molecule has 2 heterocycles. The fraction of sp³-hybridized carbons (Fsp3) is 0.611. The van der Waals surface area contributed by atoms with Gasteiger partial charge in [0.15, 0.2) is 0 Å². The molecule has 2 aliphatic rings. The van der Waals surface area contributed by atoms with Crippen LogP contribution in [0.3, 0.4) is 0 Å². The highest BCUT2D eigenvalue weighted by Crippen LogP contribution is 2.37. The highest BCUT2D eigenvalue weighted by molar-refractivity contribution is 5.88. The summed E-state index contributed by atoms with van der Waals surface area (Å²) >= 11 is 0. The second-order valence-electron chi connectivity index (χ2n) is 6.42. The van der Waals surface area contributed by atoms with Gasteiger partial charge in [-0.25, -0.2) is 0 Å². The number of hydrogen-bond donors (Lipinski definition) is 1. The van der Waals surface area contributed by atoms with Gasteiger partial charge in [-0.05, 0) is 18.4 Å². The lowest BCUT2D eigenvalue weighted by Crippen LogP contribution is -2.56. The monoisotopic (exact) mass is 318 g/mol. The molecule has 0 unspecified atom stereocenters. The molecule has 3 rings (SSSR count). The fourth-order valence-electron chi connectivity index (χ4n) is 3.72. The first-order valence-corrected chi connectivity index (χ1v) is 8.52. The predicted molar refractivity (Wildman–Crippen MR) is 88.3 cm³/mol. The van der Waals surface area contributed by atoms with Crippen molar-refractivity contribution < 1.29 is 14.6 Å². The van der Waals surface area contributed by atoms with Gasteiger partial charge in [-0.3, -0.25) is 9.69 Å². The fourth-order valence-corrected chi connectivity index (χ4v) is 3.72. The minimum Gasteiger partial charge on any atom is -0.395 e. The van der Waals surface area contributed by atoms with Crippen LogP contribution in [0.2, 0.25) is 0 Å². The average Bonchev–Trinajstić information content (AvgIpc) is 2.63. The molecule has 0 radical (unpaired) electrons. The first kappa shape index (κ1) is 16.4. The number of amides is 1. The molecule has 1 amide bonds. The molecule has 2 fully saturated rings. The molecule has 1 aromatic carbocycles. The third-order valence-corrected chi connectivity index (χ3v) is 5.16. The number of rotatable bonds is 4. The van der Waals surface area contributed by atoms with Gasteiger partial charge in [0.1, 0.15) is 0 Å². The molecule has 2 saturated heterocycles. The molecular formula is C18H26N2O3. The topological polar surface area (TPSA) is 53.0 Å². The Morgan fingerprint density at radius 3 is 2.35 bits per heavy atom. The van der Waals surface area contributed by atoms with Crippen molar-refractivity contribution in [2.75, 3.05) is 52.5 Å². The first-order valence-electron chi connectivity index (χ1n) is 8.52. The van der Waals surface area contributed by atoms with E-state index >= 15 is 0 Å². The number of nitrogens with zero attached hydrogens (tertiary/aromatic N) is 2. The smallest absolute Gasteiger partial charge is 0.233 e. The minimum atomic E-state index is -0.432. The van der Waals surface area contributed by atoms with E-state index in [4.69, 9.17) is 9.84 Å². The standard InChI is InChI=1S/C18H26N2O3/c21-13-12-19-8-10-20(11-9-19)17(22)18(6-14-23-15-7-18)16-4-2-1-3-5-16/h1-5,21H,6-15H2. The Hall–Kier alpha value is -1.43. The summed E-state index contributed by atoms with van der Waals surface area (Å²) in [5.41, 5.74) is 0.685. The molecule has 1 N–H and O–H groups in total. The molecule has 0 atom stereocenters. The summed E-state index contributed by atoms with van der Waals surface area (Å²) in [7, 11) is 0. The van der Waals surface area contributed by atoms with Crippen molar-refractivity contribution in [3.63, 3.8) is 0 Å². The Kier molecular flexibility index (Phi) is 5.30. The van der Waals surface area contributed by atoms with Crippen LogP contribution in [0.5, 0.6) is 0 Å². The van der Waals surface area contributed by atoms with Crippen LogP contribution in [0, 0.1) is 0 Å². The third-order valence-electron chi connectivity index (χ3n) is 5.16. The van der Waals surface area contributed by atoms with Crippen molar-refractivity contribution in [1.82, 2.24) is 9.80 Å². The summed E-state index contributed by atoms with van der Waals surface area (Å²) in [5, 5.41) is 9.05. The number of ether oxygens (including phenoxy) is 1. The van der Waals surface area contributed by atoms with Gasteiger partial charge in [-0.1, -0.05) is 30.3 Å². The average molecular weight is 318 g/mol. The first-order chi connectivity index (χ1) is 11.3. The predicted octanol–water partition coefficient (Wildman–Crippen LogP) is 0.871. The van der Waals surface area contributed by atoms with Crippen molar-refractivity contribution in [3.05, 3.63) is 35.9 Å². The summed E-state index contributed by atoms with van der Waals surface area (Å²) in [5.74, 6) is 0.246. The Morgan fingerprint density at radius 2 is 1.74 bits per heavy atom. The summed E-state index contributed by atoms with van der Waals surface area (Å²) < 4.78 is 5.53. The van der Waals surface area contributed by atoms with Gasteiger partial charge in [0.05, 0.1) is 12.0 Å². The Balaban J connectivity index is 1.77. The van der Waals surface area contributed by atoms with Gasteiger partial charge < -0.3 is 14.7 Å². The van der Waals surface area contributed by atoms with Gasteiger partial charge >= 0.3 is 0 Å². The lowest BCUT2D eigenvalue weighted by molar-refractivity contribution is -0.143. The van der Waals surface area contributed by atoms with E-state index in [1.54, 1.807) is 0 Å². The number of carbonyl (C=O) groups excluding carboxylic acids is 1. The lowest BCUT2D eigenvalue weighted by Gasteiger charge is -2.43. The number of piperazine rings is 1. The Bertz CT molecular complexity index is 506. The molecule has 5 heteroatoms. The summed E-state index contributed by atoms with van der Waals surface area (Å²) in [6.07, 6.45) is 1.51. The normalized spacial score (nSPS) is 22.0. The Labute approximate surface area is 137 Å². The van der Waals surface area contributed by atoms with E-state index in [1.165, 1.54) is 0 Å². The van der Waals surface area contributed by atoms with Crippen LogP contribution in [0.4, 0.5) is 0 Å². The maximum absolute atomic E-state index is 13.3. The molecule has 0 saturated carbocycles. The number of hydrogen-bond acceptors (Lipinski definition) is 4. The van der Waals surface area contributed by atoms with E-state index in [2.05, 4.69) is 17.0 Å².